The van der Waals surface area contributed by atoms with Gasteiger partial charge in [-0.3, -0.25) is 10.1 Å². The summed E-state index contributed by atoms with van der Waals surface area (Å²) in [6.07, 6.45) is 3.98. The van der Waals surface area contributed by atoms with Crippen LogP contribution in [0.2, 0.25) is 5.02 Å². The standard InChI is InChI=1S/C12H8ClFN4O2/c13-7-1-2-9(10(14)3-7)11(19)18-12(20)17-8-4-15-6-16-5-8/h1-6H,(H2,17,18,19,20). The molecule has 6 nitrogen and oxygen atoms in total. The van der Waals surface area contributed by atoms with Crippen LogP contribution in [-0.4, -0.2) is 21.9 Å². The number of amides is 3. The van der Waals surface area contributed by atoms with Crippen LogP contribution < -0.4 is 10.6 Å². The minimum Gasteiger partial charge on any atom is -0.305 e. The summed E-state index contributed by atoms with van der Waals surface area (Å²) in [6.45, 7) is 0. The van der Waals surface area contributed by atoms with Gasteiger partial charge in [0.05, 0.1) is 23.6 Å². The van der Waals surface area contributed by atoms with Crippen molar-refractivity contribution < 1.29 is 14.0 Å². The fraction of sp³-hybridized carbons (Fsp3) is 0. The van der Waals surface area contributed by atoms with E-state index in [1.807, 2.05) is 5.32 Å². The van der Waals surface area contributed by atoms with Crippen LogP contribution in [0.15, 0.2) is 36.9 Å². The fourth-order valence-electron chi connectivity index (χ4n) is 1.37. The molecule has 8 heteroatoms. The number of hydrogen-bond donors (Lipinski definition) is 2. The van der Waals surface area contributed by atoms with Gasteiger partial charge in [0, 0.05) is 5.02 Å². The Balaban J connectivity index is 2.02. The molecule has 0 fully saturated rings. The number of nitrogens with one attached hydrogen (secondary N) is 2. The molecule has 0 aliphatic carbocycles. The summed E-state index contributed by atoms with van der Waals surface area (Å²) in [7, 11) is 0. The van der Waals surface area contributed by atoms with Crippen molar-refractivity contribution in [2.75, 3.05) is 5.32 Å². The normalized spacial score (nSPS) is 9.90. The average Bonchev–Trinajstić information content (AvgIpc) is 2.39. The highest BCUT2D eigenvalue weighted by Gasteiger charge is 2.15. The van der Waals surface area contributed by atoms with E-state index in [9.17, 15) is 14.0 Å². The molecule has 2 aromatic rings. The maximum atomic E-state index is 13.5. The molecular weight excluding hydrogens is 287 g/mol. The molecular formula is C12H8ClFN4O2. The third-order valence-corrected chi connectivity index (χ3v) is 2.46. The largest absolute Gasteiger partial charge is 0.326 e. The van der Waals surface area contributed by atoms with Crippen molar-refractivity contribution in [2.45, 2.75) is 0 Å². The van der Waals surface area contributed by atoms with Crippen molar-refractivity contribution in [1.82, 2.24) is 15.3 Å². The molecule has 1 aromatic carbocycles. The first-order valence-electron chi connectivity index (χ1n) is 5.38. The van der Waals surface area contributed by atoms with Gasteiger partial charge in [0.25, 0.3) is 5.91 Å². The topological polar surface area (TPSA) is 84.0 Å². The molecule has 3 amide bonds. The number of benzene rings is 1. The Labute approximate surface area is 118 Å². The number of urea groups is 1. The lowest BCUT2D eigenvalue weighted by Crippen LogP contribution is -2.34. The molecule has 0 saturated carbocycles. The number of rotatable bonds is 2. The average molecular weight is 295 g/mol. The molecule has 0 aliphatic heterocycles. The highest BCUT2D eigenvalue weighted by molar-refractivity contribution is 6.30. The van der Waals surface area contributed by atoms with Crippen molar-refractivity contribution in [2.24, 2.45) is 0 Å². The third kappa shape index (κ3) is 3.48. The third-order valence-electron chi connectivity index (χ3n) is 2.22. The monoisotopic (exact) mass is 294 g/mol. The number of carbonyl (C=O) groups excluding carboxylic acids is 2. The number of hydrogen-bond acceptors (Lipinski definition) is 4. The minimum atomic E-state index is -0.881. The van der Waals surface area contributed by atoms with E-state index in [0.29, 0.717) is 5.69 Å². The number of halogens is 2. The number of imide groups is 1. The van der Waals surface area contributed by atoms with Crippen LogP contribution in [0.25, 0.3) is 0 Å². The number of nitrogens with zero attached hydrogens (tertiary/aromatic N) is 2. The minimum absolute atomic E-state index is 0.157. The zero-order valence-corrected chi connectivity index (χ0v) is 10.7. The Morgan fingerprint density at radius 2 is 1.90 bits per heavy atom. The summed E-state index contributed by atoms with van der Waals surface area (Å²) in [4.78, 5) is 30.6. The molecule has 0 spiro atoms. The molecule has 0 unspecified atom stereocenters. The molecule has 20 heavy (non-hydrogen) atoms. The number of aromatic nitrogens is 2. The van der Waals surface area contributed by atoms with Gasteiger partial charge in [0.2, 0.25) is 0 Å². The van der Waals surface area contributed by atoms with Gasteiger partial charge in [-0.05, 0) is 18.2 Å². The van der Waals surface area contributed by atoms with Gasteiger partial charge in [0.15, 0.2) is 0 Å². The molecule has 1 aromatic heterocycles. The van der Waals surface area contributed by atoms with Gasteiger partial charge < -0.3 is 5.32 Å². The van der Waals surface area contributed by atoms with Crippen LogP contribution in [0, 0.1) is 5.82 Å². The summed E-state index contributed by atoms with van der Waals surface area (Å²) in [5, 5.41) is 4.46. The zero-order valence-electron chi connectivity index (χ0n) is 9.93. The smallest absolute Gasteiger partial charge is 0.305 e. The van der Waals surface area contributed by atoms with Crippen LogP contribution >= 0.6 is 11.6 Å². The van der Waals surface area contributed by atoms with E-state index in [-0.39, 0.29) is 10.6 Å². The van der Waals surface area contributed by atoms with Gasteiger partial charge in [-0.25, -0.2) is 19.2 Å². The first-order chi connectivity index (χ1) is 9.56. The number of carbonyl (C=O) groups is 2. The van der Waals surface area contributed by atoms with Crippen molar-refractivity contribution in [3.63, 3.8) is 0 Å². The van der Waals surface area contributed by atoms with E-state index in [2.05, 4.69) is 15.3 Å². The fourth-order valence-corrected chi connectivity index (χ4v) is 1.53. The molecule has 0 bridgehead atoms. The van der Waals surface area contributed by atoms with Crippen LogP contribution in [0.1, 0.15) is 10.4 Å². The van der Waals surface area contributed by atoms with Crippen LogP contribution in [0.5, 0.6) is 0 Å². The van der Waals surface area contributed by atoms with E-state index < -0.39 is 17.8 Å². The van der Waals surface area contributed by atoms with Gasteiger partial charge in [-0.15, -0.1) is 0 Å². The molecule has 0 radical (unpaired) electrons. The molecule has 2 N–H and O–H groups in total. The van der Waals surface area contributed by atoms with Crippen LogP contribution in [-0.2, 0) is 0 Å². The van der Waals surface area contributed by atoms with Gasteiger partial charge in [-0.2, -0.15) is 0 Å². The van der Waals surface area contributed by atoms with Gasteiger partial charge >= 0.3 is 6.03 Å². The number of anilines is 1. The Hall–Kier alpha value is -2.54. The van der Waals surface area contributed by atoms with Crippen LogP contribution in [0.4, 0.5) is 14.9 Å². The van der Waals surface area contributed by atoms with Crippen molar-refractivity contribution >= 4 is 29.2 Å². The first kappa shape index (κ1) is 13.9. The molecule has 0 atom stereocenters. The Morgan fingerprint density at radius 3 is 2.55 bits per heavy atom. The maximum absolute atomic E-state index is 13.5. The van der Waals surface area contributed by atoms with Crippen molar-refractivity contribution in [1.29, 1.82) is 0 Å². The Bertz CT molecular complexity index is 651. The van der Waals surface area contributed by atoms with E-state index in [0.717, 1.165) is 6.07 Å². The highest BCUT2D eigenvalue weighted by Crippen LogP contribution is 2.14. The summed E-state index contributed by atoms with van der Waals surface area (Å²) in [6, 6.07) is 2.70. The molecule has 102 valence electrons. The maximum Gasteiger partial charge on any atom is 0.326 e. The summed E-state index contributed by atoms with van der Waals surface area (Å²) < 4.78 is 13.5. The molecule has 1 heterocycles. The predicted molar refractivity (Wildman–Crippen MR) is 69.9 cm³/mol. The van der Waals surface area contributed by atoms with Crippen molar-refractivity contribution in [3.8, 4) is 0 Å². The second-order valence-corrected chi connectivity index (χ2v) is 4.10. The second-order valence-electron chi connectivity index (χ2n) is 3.66. The van der Waals surface area contributed by atoms with E-state index >= 15 is 0 Å². The van der Waals surface area contributed by atoms with Crippen molar-refractivity contribution in [3.05, 3.63) is 53.3 Å². The molecule has 2 rings (SSSR count). The van der Waals surface area contributed by atoms with Gasteiger partial charge in [0.1, 0.15) is 12.1 Å². The zero-order chi connectivity index (χ0) is 14.5. The van der Waals surface area contributed by atoms with E-state index in [1.54, 1.807) is 0 Å². The lowest BCUT2D eigenvalue weighted by Gasteiger charge is -2.06. The lowest BCUT2D eigenvalue weighted by atomic mass is 10.2. The quantitative estimate of drug-likeness (QED) is 0.889. The highest BCUT2D eigenvalue weighted by atomic mass is 35.5. The predicted octanol–water partition coefficient (Wildman–Crippen LogP) is 2.23. The summed E-state index contributed by atoms with van der Waals surface area (Å²) in [5.41, 5.74) is 0.0169. The Morgan fingerprint density at radius 1 is 1.20 bits per heavy atom. The van der Waals surface area contributed by atoms with E-state index in [4.69, 9.17) is 11.6 Å². The lowest BCUT2D eigenvalue weighted by molar-refractivity contribution is 0.0963. The van der Waals surface area contributed by atoms with Gasteiger partial charge in [-0.1, -0.05) is 11.6 Å². The molecule has 0 aliphatic rings. The first-order valence-corrected chi connectivity index (χ1v) is 5.76. The SMILES string of the molecule is O=C(NC(=O)c1ccc(Cl)cc1F)Nc1cncnc1. The van der Waals surface area contributed by atoms with E-state index in [1.165, 1.54) is 30.9 Å². The molecule has 0 saturated heterocycles. The van der Waals surface area contributed by atoms with Crippen LogP contribution in [0.3, 0.4) is 0 Å². The second kappa shape index (κ2) is 6.07. The summed E-state index contributed by atoms with van der Waals surface area (Å²) in [5.74, 6) is -1.70. The Kier molecular flexibility index (Phi) is 4.21. The summed E-state index contributed by atoms with van der Waals surface area (Å²) >= 11 is 5.57.